The number of hydrogen-bond acceptors (Lipinski definition) is 2. The average molecular weight is 235 g/mol. The van der Waals surface area contributed by atoms with Crippen molar-refractivity contribution >= 4 is 11.6 Å². The predicted molar refractivity (Wildman–Crippen MR) is 70.3 cm³/mol. The first-order chi connectivity index (χ1) is 7.95. The first-order valence-electron chi connectivity index (χ1n) is 6.05. The van der Waals surface area contributed by atoms with Crippen molar-refractivity contribution in [1.82, 2.24) is 0 Å². The predicted octanol–water partition coefficient (Wildman–Crippen LogP) is 3.10. The molecule has 0 heterocycles. The lowest BCUT2D eigenvalue weighted by Gasteiger charge is -2.24. The lowest BCUT2D eigenvalue weighted by atomic mass is 10.1. The summed E-state index contributed by atoms with van der Waals surface area (Å²) in [6.07, 6.45) is 0.531. The molecular weight excluding hydrogens is 214 g/mol. The Morgan fingerprint density at radius 2 is 2.06 bits per heavy atom. The summed E-state index contributed by atoms with van der Waals surface area (Å²) in [7, 11) is 0. The highest BCUT2D eigenvalue weighted by Gasteiger charge is 2.17. The smallest absolute Gasteiger partial charge is 0.227 e. The number of phenolic OH excluding ortho intramolecular Hbond substituents is 1. The van der Waals surface area contributed by atoms with E-state index in [1.165, 1.54) is 0 Å². The number of aromatic hydroxyl groups is 1. The molecule has 0 fully saturated rings. The van der Waals surface area contributed by atoms with Gasteiger partial charge in [-0.3, -0.25) is 4.79 Å². The van der Waals surface area contributed by atoms with E-state index in [0.29, 0.717) is 18.9 Å². The quantitative estimate of drug-likeness (QED) is 0.871. The van der Waals surface area contributed by atoms with Crippen LogP contribution in [0.3, 0.4) is 0 Å². The molecule has 0 bridgehead atoms. The normalized spacial score (nSPS) is 10.6. The van der Waals surface area contributed by atoms with Crippen molar-refractivity contribution in [2.75, 3.05) is 11.4 Å². The van der Waals surface area contributed by atoms with E-state index in [1.807, 2.05) is 33.8 Å². The number of hydrogen-bond donors (Lipinski definition) is 1. The van der Waals surface area contributed by atoms with Crippen molar-refractivity contribution in [3.05, 3.63) is 23.8 Å². The van der Waals surface area contributed by atoms with Crippen molar-refractivity contribution in [2.24, 2.45) is 5.92 Å². The van der Waals surface area contributed by atoms with Gasteiger partial charge in [0.1, 0.15) is 5.75 Å². The van der Waals surface area contributed by atoms with Crippen LogP contribution >= 0.6 is 0 Å². The minimum absolute atomic E-state index is 0.108. The van der Waals surface area contributed by atoms with Crippen LogP contribution in [0.4, 0.5) is 5.69 Å². The third-order valence-electron chi connectivity index (χ3n) is 2.68. The number of aryl methyl sites for hydroxylation is 1. The van der Waals surface area contributed by atoms with Gasteiger partial charge in [-0.2, -0.15) is 0 Å². The Labute approximate surface area is 103 Å². The number of nitrogens with zero attached hydrogens (tertiary/aromatic N) is 1. The molecule has 1 aromatic carbocycles. The monoisotopic (exact) mass is 235 g/mol. The number of carbonyl (C=O) groups is 1. The van der Waals surface area contributed by atoms with Crippen LogP contribution in [0.15, 0.2) is 18.2 Å². The second-order valence-corrected chi connectivity index (χ2v) is 4.71. The van der Waals surface area contributed by atoms with Gasteiger partial charge in [0.15, 0.2) is 0 Å². The molecule has 3 nitrogen and oxygen atoms in total. The molecule has 0 aromatic heterocycles. The maximum absolute atomic E-state index is 12.1. The molecule has 17 heavy (non-hydrogen) atoms. The first-order valence-corrected chi connectivity index (χ1v) is 6.05. The van der Waals surface area contributed by atoms with E-state index >= 15 is 0 Å². The topological polar surface area (TPSA) is 40.5 Å². The number of rotatable bonds is 4. The molecule has 0 spiro atoms. The zero-order valence-electron chi connectivity index (χ0n) is 11.0. The fourth-order valence-corrected chi connectivity index (χ4v) is 1.83. The average Bonchev–Trinajstić information content (AvgIpc) is 2.23. The van der Waals surface area contributed by atoms with Crippen molar-refractivity contribution in [2.45, 2.75) is 34.1 Å². The lowest BCUT2D eigenvalue weighted by Crippen LogP contribution is -2.31. The van der Waals surface area contributed by atoms with Crippen LogP contribution in [-0.2, 0) is 4.79 Å². The molecule has 0 atom stereocenters. The Morgan fingerprint density at radius 3 is 2.59 bits per heavy atom. The zero-order valence-corrected chi connectivity index (χ0v) is 11.0. The number of amides is 1. The van der Waals surface area contributed by atoms with E-state index < -0.39 is 0 Å². The van der Waals surface area contributed by atoms with E-state index in [2.05, 4.69) is 0 Å². The van der Waals surface area contributed by atoms with Crippen molar-refractivity contribution < 1.29 is 9.90 Å². The van der Waals surface area contributed by atoms with E-state index in [0.717, 1.165) is 11.3 Å². The lowest BCUT2D eigenvalue weighted by molar-refractivity contribution is -0.119. The van der Waals surface area contributed by atoms with Gasteiger partial charge in [0, 0.05) is 19.0 Å². The van der Waals surface area contributed by atoms with Crippen molar-refractivity contribution in [3.63, 3.8) is 0 Å². The van der Waals surface area contributed by atoms with Gasteiger partial charge >= 0.3 is 0 Å². The fraction of sp³-hybridized carbons (Fsp3) is 0.500. The van der Waals surface area contributed by atoms with E-state index in [9.17, 15) is 9.90 Å². The molecule has 0 aliphatic rings. The van der Waals surface area contributed by atoms with Crippen LogP contribution in [-0.4, -0.2) is 17.6 Å². The minimum atomic E-state index is 0.108. The zero-order chi connectivity index (χ0) is 13.0. The Kier molecular flexibility index (Phi) is 4.55. The molecule has 0 radical (unpaired) electrons. The molecule has 0 aliphatic carbocycles. The van der Waals surface area contributed by atoms with Gasteiger partial charge in [-0.15, -0.1) is 0 Å². The van der Waals surface area contributed by atoms with Gasteiger partial charge in [-0.05, 0) is 31.4 Å². The Hall–Kier alpha value is -1.51. The molecule has 94 valence electrons. The highest BCUT2D eigenvalue weighted by atomic mass is 16.3. The molecular formula is C14H21NO2. The highest BCUT2D eigenvalue weighted by Crippen LogP contribution is 2.25. The van der Waals surface area contributed by atoms with Gasteiger partial charge < -0.3 is 10.0 Å². The van der Waals surface area contributed by atoms with E-state index in [-0.39, 0.29) is 11.7 Å². The summed E-state index contributed by atoms with van der Waals surface area (Å²) in [4.78, 5) is 13.8. The van der Waals surface area contributed by atoms with Gasteiger partial charge in [0.05, 0.1) is 5.69 Å². The molecule has 1 amide bonds. The second kappa shape index (κ2) is 5.71. The van der Waals surface area contributed by atoms with Crippen LogP contribution in [0.5, 0.6) is 5.75 Å². The van der Waals surface area contributed by atoms with Gasteiger partial charge in [0.25, 0.3) is 0 Å². The Balaban J connectivity index is 3.00. The molecule has 0 saturated carbocycles. The summed E-state index contributed by atoms with van der Waals surface area (Å²) in [6, 6.07) is 5.12. The third-order valence-corrected chi connectivity index (χ3v) is 2.68. The molecule has 0 unspecified atom stereocenters. The van der Waals surface area contributed by atoms with Crippen LogP contribution < -0.4 is 4.90 Å². The summed E-state index contributed by atoms with van der Waals surface area (Å²) in [5, 5.41) is 9.51. The Bertz CT molecular complexity index is 399. The van der Waals surface area contributed by atoms with Gasteiger partial charge in [-0.25, -0.2) is 0 Å². The maximum Gasteiger partial charge on any atom is 0.227 e. The van der Waals surface area contributed by atoms with Crippen molar-refractivity contribution in [1.29, 1.82) is 0 Å². The molecule has 0 saturated heterocycles. The largest absolute Gasteiger partial charge is 0.508 e. The standard InChI is InChI=1S/C14H21NO2/c1-5-15(14(17)8-10(2)3)13-9-12(16)7-6-11(13)4/h6-7,9-10,16H,5,8H2,1-4H3. The van der Waals surface area contributed by atoms with Crippen molar-refractivity contribution in [3.8, 4) is 5.75 Å². The first kappa shape index (κ1) is 13.6. The van der Waals surface area contributed by atoms with Crippen LogP contribution in [0.1, 0.15) is 32.8 Å². The summed E-state index contributed by atoms with van der Waals surface area (Å²) in [5.41, 5.74) is 1.81. The SMILES string of the molecule is CCN(C(=O)CC(C)C)c1cc(O)ccc1C. The fourth-order valence-electron chi connectivity index (χ4n) is 1.83. The molecule has 1 aromatic rings. The van der Waals surface area contributed by atoms with E-state index in [1.54, 1.807) is 17.0 Å². The Morgan fingerprint density at radius 1 is 1.41 bits per heavy atom. The molecule has 1 rings (SSSR count). The molecule has 0 aliphatic heterocycles. The summed E-state index contributed by atoms with van der Waals surface area (Å²) >= 11 is 0. The number of phenols is 1. The third kappa shape index (κ3) is 3.48. The summed E-state index contributed by atoms with van der Waals surface area (Å²) < 4.78 is 0. The summed E-state index contributed by atoms with van der Waals surface area (Å²) in [5.74, 6) is 0.645. The minimum Gasteiger partial charge on any atom is -0.508 e. The maximum atomic E-state index is 12.1. The van der Waals surface area contributed by atoms with Crippen LogP contribution in [0.25, 0.3) is 0 Å². The molecule has 3 heteroatoms. The molecule has 1 N–H and O–H groups in total. The van der Waals surface area contributed by atoms with E-state index in [4.69, 9.17) is 0 Å². The highest BCUT2D eigenvalue weighted by molar-refractivity contribution is 5.94. The van der Waals surface area contributed by atoms with Crippen LogP contribution in [0.2, 0.25) is 0 Å². The second-order valence-electron chi connectivity index (χ2n) is 4.71. The summed E-state index contributed by atoms with van der Waals surface area (Å²) in [6.45, 7) is 8.57. The number of benzene rings is 1. The van der Waals surface area contributed by atoms with Gasteiger partial charge in [0.2, 0.25) is 5.91 Å². The number of carbonyl (C=O) groups excluding carboxylic acids is 1. The van der Waals surface area contributed by atoms with Gasteiger partial charge in [-0.1, -0.05) is 19.9 Å². The van der Waals surface area contributed by atoms with Crippen LogP contribution in [0, 0.1) is 12.8 Å². The number of anilines is 1.